The predicted octanol–water partition coefficient (Wildman–Crippen LogP) is 2.30. The minimum absolute atomic E-state index is 0.0818. The second-order valence-electron chi connectivity index (χ2n) is 5.91. The lowest BCUT2D eigenvalue weighted by Crippen LogP contribution is -2.44. The second-order valence-corrected chi connectivity index (χ2v) is 8.16. The van der Waals surface area contributed by atoms with Crippen molar-refractivity contribution in [3.63, 3.8) is 0 Å². The molecule has 1 N–H and O–H groups in total. The third-order valence-electron chi connectivity index (χ3n) is 4.15. The monoisotopic (exact) mass is 324 g/mol. The van der Waals surface area contributed by atoms with E-state index in [1.807, 2.05) is 32.0 Å². The molecular formula is C16H24N2O3S. The molecule has 0 aliphatic carbocycles. The largest absolute Gasteiger partial charge is 0.326 e. The number of carbonyl (C=O) groups excluding carboxylic acids is 1. The third kappa shape index (κ3) is 3.87. The van der Waals surface area contributed by atoms with Gasteiger partial charge in [-0.1, -0.05) is 17.7 Å². The highest BCUT2D eigenvalue weighted by atomic mass is 32.2. The Kier molecular flexibility index (Phi) is 5.24. The lowest BCUT2D eigenvalue weighted by Gasteiger charge is -2.31. The van der Waals surface area contributed by atoms with E-state index in [9.17, 15) is 13.2 Å². The van der Waals surface area contributed by atoms with Crippen molar-refractivity contribution in [2.75, 3.05) is 24.2 Å². The van der Waals surface area contributed by atoms with Crippen LogP contribution in [0.1, 0.15) is 30.9 Å². The number of carbonyl (C=O) groups is 1. The smallest absolute Gasteiger partial charge is 0.228 e. The van der Waals surface area contributed by atoms with E-state index in [0.717, 1.165) is 29.7 Å². The maximum absolute atomic E-state index is 12.4. The molecule has 1 atom stereocenters. The summed E-state index contributed by atoms with van der Waals surface area (Å²) in [5.74, 6) is -0.294. The van der Waals surface area contributed by atoms with Crippen LogP contribution in [-0.4, -0.2) is 37.5 Å². The Morgan fingerprint density at radius 1 is 1.36 bits per heavy atom. The van der Waals surface area contributed by atoms with Gasteiger partial charge in [0.05, 0.1) is 11.7 Å². The van der Waals surface area contributed by atoms with Crippen molar-refractivity contribution in [3.05, 3.63) is 29.3 Å². The van der Waals surface area contributed by atoms with Gasteiger partial charge in [0.15, 0.2) is 0 Å². The van der Waals surface area contributed by atoms with Gasteiger partial charge < -0.3 is 5.32 Å². The van der Waals surface area contributed by atoms with E-state index in [1.54, 1.807) is 6.92 Å². The fourth-order valence-electron chi connectivity index (χ4n) is 2.78. The number of rotatable bonds is 4. The number of nitrogens with zero attached hydrogens (tertiary/aromatic N) is 1. The number of nitrogens with one attached hydrogen (secondary N) is 1. The standard InChI is InChI=1S/C16H24N2O3S/c1-4-22(20,21)18-9-5-6-14(11-18)16(19)17-15-8-7-12(2)10-13(15)3/h7-8,10,14H,4-6,9,11H2,1-3H3,(H,17,19)/t14-/m0/s1. The van der Waals surface area contributed by atoms with Gasteiger partial charge in [-0.2, -0.15) is 0 Å². The number of benzene rings is 1. The maximum Gasteiger partial charge on any atom is 0.228 e. The first-order valence-electron chi connectivity index (χ1n) is 7.69. The molecule has 1 aliphatic rings. The van der Waals surface area contributed by atoms with E-state index in [4.69, 9.17) is 0 Å². The quantitative estimate of drug-likeness (QED) is 0.924. The van der Waals surface area contributed by atoms with Crippen LogP contribution in [-0.2, 0) is 14.8 Å². The van der Waals surface area contributed by atoms with Crippen molar-refractivity contribution in [2.24, 2.45) is 5.92 Å². The molecule has 0 unspecified atom stereocenters. The van der Waals surface area contributed by atoms with E-state index in [1.165, 1.54) is 4.31 Å². The lowest BCUT2D eigenvalue weighted by atomic mass is 9.98. The summed E-state index contributed by atoms with van der Waals surface area (Å²) in [5.41, 5.74) is 2.96. The first-order chi connectivity index (χ1) is 10.3. The molecule has 1 aliphatic heterocycles. The minimum atomic E-state index is -3.22. The Morgan fingerprint density at radius 3 is 2.73 bits per heavy atom. The lowest BCUT2D eigenvalue weighted by molar-refractivity contribution is -0.120. The molecule has 0 saturated carbocycles. The zero-order valence-corrected chi connectivity index (χ0v) is 14.2. The summed E-state index contributed by atoms with van der Waals surface area (Å²) in [7, 11) is -3.22. The number of piperidine rings is 1. The molecular weight excluding hydrogens is 300 g/mol. The van der Waals surface area contributed by atoms with Crippen LogP contribution in [0, 0.1) is 19.8 Å². The van der Waals surface area contributed by atoms with Gasteiger partial charge in [-0.25, -0.2) is 12.7 Å². The van der Waals surface area contributed by atoms with Gasteiger partial charge >= 0.3 is 0 Å². The van der Waals surface area contributed by atoms with Crippen LogP contribution in [0.25, 0.3) is 0 Å². The molecule has 1 amide bonds. The van der Waals surface area contributed by atoms with E-state index in [2.05, 4.69) is 5.32 Å². The third-order valence-corrected chi connectivity index (χ3v) is 6.00. The van der Waals surface area contributed by atoms with Crippen LogP contribution in [0.5, 0.6) is 0 Å². The van der Waals surface area contributed by atoms with Crippen LogP contribution in [0.15, 0.2) is 18.2 Å². The van der Waals surface area contributed by atoms with Gasteiger partial charge in [0.2, 0.25) is 15.9 Å². The Labute approximate surface area is 132 Å². The van der Waals surface area contributed by atoms with Crippen molar-refractivity contribution in [1.29, 1.82) is 0 Å². The fourth-order valence-corrected chi connectivity index (χ4v) is 3.96. The molecule has 0 aromatic heterocycles. The molecule has 5 nitrogen and oxygen atoms in total. The van der Waals surface area contributed by atoms with Gasteiger partial charge in [-0.15, -0.1) is 0 Å². The summed E-state index contributed by atoms with van der Waals surface area (Å²) < 4.78 is 25.4. The Morgan fingerprint density at radius 2 is 2.09 bits per heavy atom. The second kappa shape index (κ2) is 6.79. The van der Waals surface area contributed by atoms with Gasteiger partial charge in [0.1, 0.15) is 0 Å². The van der Waals surface area contributed by atoms with Gasteiger partial charge in [0, 0.05) is 18.8 Å². The highest BCUT2D eigenvalue weighted by Crippen LogP contribution is 2.22. The van der Waals surface area contributed by atoms with Gasteiger partial charge in [0.25, 0.3) is 0 Å². The van der Waals surface area contributed by atoms with Crippen molar-refractivity contribution < 1.29 is 13.2 Å². The molecule has 0 spiro atoms. The summed E-state index contributed by atoms with van der Waals surface area (Å²) in [5, 5.41) is 2.94. The van der Waals surface area contributed by atoms with Crippen molar-refractivity contribution in [1.82, 2.24) is 4.31 Å². The molecule has 2 rings (SSSR count). The first kappa shape index (κ1) is 17.0. The summed E-state index contributed by atoms with van der Waals surface area (Å²) in [6.07, 6.45) is 1.46. The van der Waals surface area contributed by atoms with Crippen LogP contribution < -0.4 is 5.32 Å². The highest BCUT2D eigenvalue weighted by molar-refractivity contribution is 7.89. The molecule has 0 radical (unpaired) electrons. The molecule has 0 bridgehead atoms. The summed E-state index contributed by atoms with van der Waals surface area (Å²) in [4.78, 5) is 12.4. The summed E-state index contributed by atoms with van der Waals surface area (Å²) in [6, 6.07) is 5.87. The van der Waals surface area contributed by atoms with E-state index in [0.29, 0.717) is 6.54 Å². The molecule has 122 valence electrons. The average Bonchev–Trinajstić information content (AvgIpc) is 2.50. The number of hydrogen-bond acceptors (Lipinski definition) is 3. The van der Waals surface area contributed by atoms with E-state index >= 15 is 0 Å². The maximum atomic E-state index is 12.4. The van der Waals surface area contributed by atoms with Crippen LogP contribution in [0.2, 0.25) is 0 Å². The van der Waals surface area contributed by atoms with Crippen molar-refractivity contribution in [3.8, 4) is 0 Å². The summed E-state index contributed by atoms with van der Waals surface area (Å²) in [6.45, 7) is 6.40. The first-order valence-corrected chi connectivity index (χ1v) is 9.30. The molecule has 22 heavy (non-hydrogen) atoms. The SMILES string of the molecule is CCS(=O)(=O)N1CCC[C@H](C(=O)Nc2ccc(C)cc2C)C1. The molecule has 1 aromatic carbocycles. The molecule has 6 heteroatoms. The minimum Gasteiger partial charge on any atom is -0.326 e. The predicted molar refractivity (Wildman–Crippen MR) is 88.3 cm³/mol. The zero-order chi connectivity index (χ0) is 16.3. The van der Waals surface area contributed by atoms with Crippen LogP contribution in [0.4, 0.5) is 5.69 Å². The average molecular weight is 324 g/mol. The number of hydrogen-bond donors (Lipinski definition) is 1. The molecule has 1 aromatic rings. The zero-order valence-electron chi connectivity index (χ0n) is 13.4. The Bertz CT molecular complexity index is 655. The van der Waals surface area contributed by atoms with E-state index < -0.39 is 10.0 Å². The van der Waals surface area contributed by atoms with Crippen LogP contribution in [0.3, 0.4) is 0 Å². The van der Waals surface area contributed by atoms with Gasteiger partial charge in [-0.3, -0.25) is 4.79 Å². The molecule has 1 fully saturated rings. The van der Waals surface area contributed by atoms with Crippen molar-refractivity contribution >= 4 is 21.6 Å². The van der Waals surface area contributed by atoms with Crippen LogP contribution >= 0.6 is 0 Å². The highest BCUT2D eigenvalue weighted by Gasteiger charge is 2.31. The van der Waals surface area contributed by atoms with Crippen molar-refractivity contribution in [2.45, 2.75) is 33.6 Å². The van der Waals surface area contributed by atoms with E-state index in [-0.39, 0.29) is 24.1 Å². The number of amides is 1. The normalized spacial score (nSPS) is 19.9. The summed E-state index contributed by atoms with van der Waals surface area (Å²) >= 11 is 0. The topological polar surface area (TPSA) is 66.5 Å². The number of anilines is 1. The van der Waals surface area contributed by atoms with Gasteiger partial charge in [-0.05, 0) is 45.2 Å². The number of sulfonamides is 1. The fraction of sp³-hybridized carbons (Fsp3) is 0.562. The Hall–Kier alpha value is -1.40. The Balaban J connectivity index is 2.06. The number of aryl methyl sites for hydroxylation is 2. The molecule has 1 heterocycles. The molecule has 1 saturated heterocycles.